The maximum atomic E-state index is 9.67. The van der Waals surface area contributed by atoms with E-state index in [1.165, 1.54) is 0 Å². The Morgan fingerprint density at radius 3 is 0.667 bits per heavy atom. The van der Waals surface area contributed by atoms with Gasteiger partial charge in [-0.25, -0.2) is 0 Å². The van der Waals surface area contributed by atoms with Crippen LogP contribution in [0.25, 0.3) is 0 Å². The Bertz CT molecular complexity index is 31.2. The third-order valence-electron chi connectivity index (χ3n) is 0. The molecule has 0 heterocycles. The topological polar surface area (TPSA) is 0 Å². The molecule has 0 aromatic carbocycles. The van der Waals surface area contributed by atoms with Crippen LogP contribution in [0.4, 0.5) is 26.3 Å². The molecule has 0 amide bonds. The van der Waals surface area contributed by atoms with Crippen LogP contribution in [0.3, 0.4) is 0 Å². The predicted octanol–water partition coefficient (Wildman–Crippen LogP) is -0.527. The van der Waals surface area contributed by atoms with Crippen LogP contribution in [-0.4, -0.2) is 13.4 Å². The summed E-state index contributed by atoms with van der Waals surface area (Å²) < 4.78 is 58.0. The van der Waals surface area contributed by atoms with E-state index >= 15 is 0 Å². The van der Waals surface area contributed by atoms with E-state index < -0.39 is 13.4 Å². The van der Waals surface area contributed by atoms with Gasteiger partial charge in [0, 0.05) is 0 Å². The number of rotatable bonds is 0. The molecule has 0 aromatic rings. The fraction of sp³-hybridized carbons (Fsp3) is 1.00. The summed E-state index contributed by atoms with van der Waals surface area (Å²) in [5, 5.41) is 0. The van der Waals surface area contributed by atoms with Crippen LogP contribution >= 0.6 is 0 Å². The number of alkyl halides is 6. The van der Waals surface area contributed by atoms with Crippen molar-refractivity contribution in [3.63, 3.8) is 0 Å². The van der Waals surface area contributed by atoms with Crippen molar-refractivity contribution in [1.82, 2.24) is 0 Å². The first kappa shape index (κ1) is 16.1. The van der Waals surface area contributed by atoms with Gasteiger partial charge in [0.25, 0.3) is 0 Å². The van der Waals surface area contributed by atoms with Gasteiger partial charge in [-0.3, -0.25) is 0 Å². The minimum atomic E-state index is -3.67. The van der Waals surface area contributed by atoms with Crippen LogP contribution in [0.5, 0.6) is 0 Å². The predicted molar refractivity (Wildman–Crippen MR) is 15.3 cm³/mol. The molecule has 0 rings (SSSR count). The quantitative estimate of drug-likeness (QED) is 0.320. The fourth-order valence-electron chi connectivity index (χ4n) is 0. The van der Waals surface area contributed by atoms with Crippen LogP contribution in [0.15, 0.2) is 0 Å². The summed E-state index contributed by atoms with van der Waals surface area (Å²) in [5.41, 5.74) is 0. The molecule has 0 saturated heterocycles. The van der Waals surface area contributed by atoms with Crippen molar-refractivity contribution in [2.75, 3.05) is 0 Å². The second-order valence-electron chi connectivity index (χ2n) is 0.495. The number of hydrogen-bond acceptors (Lipinski definition) is 0. The molecular formula is C2H3F6Li. The van der Waals surface area contributed by atoms with Gasteiger partial charge in [0.1, 0.15) is 0 Å². The molecule has 0 aliphatic carbocycles. The van der Waals surface area contributed by atoms with Gasteiger partial charge in [-0.2, -0.15) is 26.3 Å². The maximum Gasteiger partial charge on any atom is 1.00 e. The molecule has 0 nitrogen and oxygen atoms in total. The van der Waals surface area contributed by atoms with Crippen LogP contribution in [0.2, 0.25) is 0 Å². The van der Waals surface area contributed by atoms with Crippen molar-refractivity contribution < 1.29 is 46.6 Å². The van der Waals surface area contributed by atoms with E-state index in [2.05, 4.69) is 0 Å². The summed E-state index contributed by atoms with van der Waals surface area (Å²) in [6, 6.07) is 0. The zero-order valence-corrected chi connectivity index (χ0v) is 4.42. The SMILES string of the molecule is FC(F)F.FC(F)F.[H-].[Li+]. The first-order chi connectivity index (χ1) is 3.46. The summed E-state index contributed by atoms with van der Waals surface area (Å²) >= 11 is 0. The van der Waals surface area contributed by atoms with E-state index in [1.807, 2.05) is 0 Å². The fourth-order valence-corrected chi connectivity index (χ4v) is 0. The smallest absolute Gasteiger partial charge is 1.00 e. The van der Waals surface area contributed by atoms with Crippen LogP contribution in [-0.2, 0) is 0 Å². The third-order valence-corrected chi connectivity index (χ3v) is 0. The Labute approximate surface area is 60.9 Å². The molecule has 0 saturated carbocycles. The van der Waals surface area contributed by atoms with E-state index in [-0.39, 0.29) is 20.3 Å². The van der Waals surface area contributed by atoms with E-state index in [4.69, 9.17) is 0 Å². The van der Waals surface area contributed by atoms with E-state index in [1.54, 1.807) is 0 Å². The Balaban J connectivity index is -0.0000000300. The Kier molecular flexibility index (Phi) is 19.7. The maximum absolute atomic E-state index is 9.67. The van der Waals surface area contributed by atoms with Crippen molar-refractivity contribution in [1.29, 1.82) is 0 Å². The summed E-state index contributed by atoms with van der Waals surface area (Å²) in [5.74, 6) is 0. The summed E-state index contributed by atoms with van der Waals surface area (Å²) in [6.45, 7) is -7.33. The Morgan fingerprint density at radius 2 is 0.667 bits per heavy atom. The van der Waals surface area contributed by atoms with E-state index in [0.29, 0.717) is 0 Å². The van der Waals surface area contributed by atoms with E-state index in [9.17, 15) is 26.3 Å². The average Bonchev–Trinajstić information content (AvgIpc) is 1.25. The Hall–Kier alpha value is 0.177. The molecule has 0 aromatic heterocycles. The molecule has 54 valence electrons. The zero-order chi connectivity index (χ0) is 7.15. The molecule has 0 spiro atoms. The van der Waals surface area contributed by atoms with Gasteiger partial charge < -0.3 is 1.43 Å². The number of hydrogen-bond donors (Lipinski definition) is 0. The molecule has 9 heavy (non-hydrogen) atoms. The second-order valence-corrected chi connectivity index (χ2v) is 0.495. The molecule has 0 aliphatic rings. The minimum absolute atomic E-state index is 0. The van der Waals surface area contributed by atoms with Crippen molar-refractivity contribution in [2.45, 2.75) is 13.4 Å². The zero-order valence-electron chi connectivity index (χ0n) is 5.42. The molecule has 7 heteroatoms. The molecule has 0 fully saturated rings. The first-order valence-corrected chi connectivity index (χ1v) is 1.31. The third kappa shape index (κ3) is 9920. The second kappa shape index (κ2) is 11.0. The van der Waals surface area contributed by atoms with Crippen molar-refractivity contribution in [3.05, 3.63) is 0 Å². The Morgan fingerprint density at radius 1 is 0.667 bits per heavy atom. The summed E-state index contributed by atoms with van der Waals surface area (Å²) in [7, 11) is 0. The van der Waals surface area contributed by atoms with Gasteiger partial charge in [0.15, 0.2) is 0 Å². The van der Waals surface area contributed by atoms with Crippen molar-refractivity contribution >= 4 is 0 Å². The molecule has 0 aliphatic heterocycles. The monoisotopic (exact) mass is 148 g/mol. The van der Waals surface area contributed by atoms with Gasteiger partial charge in [0.2, 0.25) is 0 Å². The van der Waals surface area contributed by atoms with Crippen LogP contribution < -0.4 is 18.9 Å². The van der Waals surface area contributed by atoms with Gasteiger partial charge in [-0.15, -0.1) is 0 Å². The van der Waals surface area contributed by atoms with Gasteiger partial charge in [-0.1, -0.05) is 0 Å². The standard InChI is InChI=1S/2CHF3.Li.H/c2*2-1(3)4;;/h2*1H;;/q;;+1;-1. The van der Waals surface area contributed by atoms with Crippen molar-refractivity contribution in [2.24, 2.45) is 0 Å². The average molecular weight is 148 g/mol. The minimum Gasteiger partial charge on any atom is -1.00 e. The molecule has 0 atom stereocenters. The largest absolute Gasteiger partial charge is 1.00 e. The van der Waals surface area contributed by atoms with Gasteiger partial charge in [-0.05, 0) is 0 Å². The summed E-state index contributed by atoms with van der Waals surface area (Å²) in [4.78, 5) is 0. The summed E-state index contributed by atoms with van der Waals surface area (Å²) in [6.07, 6.45) is 0. The van der Waals surface area contributed by atoms with Crippen LogP contribution in [0.1, 0.15) is 1.43 Å². The molecule has 0 bridgehead atoms. The normalized spacial score (nSPS) is 8.00. The van der Waals surface area contributed by atoms with Gasteiger partial charge in [0.05, 0.1) is 0 Å². The van der Waals surface area contributed by atoms with E-state index in [0.717, 1.165) is 0 Å². The number of halogens is 6. The molecule has 0 unspecified atom stereocenters. The van der Waals surface area contributed by atoms with Gasteiger partial charge >= 0.3 is 32.2 Å². The van der Waals surface area contributed by atoms with Crippen LogP contribution in [0, 0.1) is 0 Å². The molecule has 0 radical (unpaired) electrons. The molecular weight excluding hydrogens is 145 g/mol. The first-order valence-electron chi connectivity index (χ1n) is 1.31. The van der Waals surface area contributed by atoms with Crippen molar-refractivity contribution in [3.8, 4) is 0 Å². The molecule has 0 N–H and O–H groups in total.